The lowest BCUT2D eigenvalue weighted by molar-refractivity contribution is -0.136. The van der Waals surface area contributed by atoms with Gasteiger partial charge in [0.15, 0.2) is 6.19 Å². The second-order valence-electron chi connectivity index (χ2n) is 7.25. The topological polar surface area (TPSA) is 103 Å². The van der Waals surface area contributed by atoms with Gasteiger partial charge in [0.25, 0.3) is 0 Å². The molecule has 1 unspecified atom stereocenters. The van der Waals surface area contributed by atoms with E-state index in [1.165, 1.54) is 36.4 Å². The molecule has 1 heterocycles. The summed E-state index contributed by atoms with van der Waals surface area (Å²) in [5.41, 5.74) is 1.70. The quantitative estimate of drug-likeness (QED) is 0.255. The molecule has 1 N–H and O–H groups in total. The lowest BCUT2D eigenvalue weighted by atomic mass is 10.0. The number of alkyl halides is 2. The zero-order chi connectivity index (χ0) is 25.4. The van der Waals surface area contributed by atoms with E-state index in [4.69, 9.17) is 16.3 Å². The van der Waals surface area contributed by atoms with Crippen LogP contribution in [0.5, 0.6) is 5.75 Å². The number of benzene rings is 2. The maximum Gasteiger partial charge on any atom is 0.387 e. The first-order valence-electron chi connectivity index (χ1n) is 10.5. The maximum atomic E-state index is 12.7. The van der Waals surface area contributed by atoms with Crippen molar-refractivity contribution in [3.63, 3.8) is 0 Å². The predicted molar refractivity (Wildman–Crippen MR) is 127 cm³/mol. The third-order valence-electron chi connectivity index (χ3n) is 5.04. The van der Waals surface area contributed by atoms with Gasteiger partial charge in [-0.3, -0.25) is 10.1 Å². The van der Waals surface area contributed by atoms with Gasteiger partial charge in [0.1, 0.15) is 12.4 Å². The van der Waals surface area contributed by atoms with Gasteiger partial charge in [0, 0.05) is 24.2 Å². The zero-order valence-electron chi connectivity index (χ0n) is 19.0. The van der Waals surface area contributed by atoms with E-state index in [1.807, 2.05) is 13.1 Å². The van der Waals surface area contributed by atoms with E-state index in [0.717, 1.165) is 5.56 Å². The summed E-state index contributed by atoms with van der Waals surface area (Å²) in [5.74, 6) is -0.141. The highest BCUT2D eigenvalue weighted by molar-refractivity contribution is 6.30. The lowest BCUT2D eigenvalue weighted by Gasteiger charge is -2.29. The minimum absolute atomic E-state index is 0.0201. The number of methoxy groups -OCH3 is 1. The van der Waals surface area contributed by atoms with Gasteiger partial charge in [-0.15, -0.1) is 0 Å². The first-order valence-corrected chi connectivity index (χ1v) is 10.9. The number of hydrazone groups is 1. The Morgan fingerprint density at radius 1 is 1.31 bits per heavy atom. The Morgan fingerprint density at radius 3 is 2.57 bits per heavy atom. The molecule has 0 aromatic heterocycles. The third-order valence-corrected chi connectivity index (χ3v) is 5.30. The maximum absolute atomic E-state index is 12.7. The smallest absolute Gasteiger partial charge is 0.387 e. The largest absolute Gasteiger partial charge is 0.435 e. The summed E-state index contributed by atoms with van der Waals surface area (Å²) >= 11 is 6.04. The standard InChI is InChI=1S/C23H23ClF2N6O3/c1-3-31(20(33)13-34-2)19-12-32(30-21(19)15-4-6-16(24)7-5-15)23(28-14-27)29-17-8-10-18(11-9-17)35-22(25)26/h4-11,19,22H,3,12-13H2,1-2H3,(H,28,29). The average molecular weight is 505 g/mol. The van der Waals surface area contributed by atoms with Crippen LogP contribution in [-0.4, -0.2) is 66.9 Å². The Hall–Kier alpha value is -3.75. The summed E-state index contributed by atoms with van der Waals surface area (Å²) in [4.78, 5) is 18.8. The molecule has 0 bridgehead atoms. The van der Waals surface area contributed by atoms with E-state index in [-0.39, 0.29) is 30.8 Å². The summed E-state index contributed by atoms with van der Waals surface area (Å²) in [5, 5.41) is 18.5. The Bertz CT molecular complexity index is 1120. The van der Waals surface area contributed by atoms with Crippen LogP contribution in [0.25, 0.3) is 0 Å². The summed E-state index contributed by atoms with van der Waals surface area (Å²) in [7, 11) is 1.44. The van der Waals surface area contributed by atoms with Crippen LogP contribution < -0.4 is 10.1 Å². The van der Waals surface area contributed by atoms with Crippen molar-refractivity contribution in [1.82, 2.24) is 15.2 Å². The normalized spacial score (nSPS) is 15.6. The molecule has 0 radical (unpaired) electrons. The van der Waals surface area contributed by atoms with Crippen molar-refractivity contribution in [1.29, 1.82) is 5.26 Å². The molecule has 1 atom stereocenters. The molecule has 0 saturated heterocycles. The van der Waals surface area contributed by atoms with E-state index in [2.05, 4.69) is 20.1 Å². The van der Waals surface area contributed by atoms with Gasteiger partial charge in [-0.1, -0.05) is 23.7 Å². The van der Waals surface area contributed by atoms with Gasteiger partial charge in [0.2, 0.25) is 11.9 Å². The fourth-order valence-corrected chi connectivity index (χ4v) is 3.67. The number of amides is 1. The fraction of sp³-hybridized carbons (Fsp3) is 0.304. The molecular weight excluding hydrogens is 482 g/mol. The van der Waals surface area contributed by atoms with Crippen molar-refractivity contribution in [2.45, 2.75) is 19.6 Å². The van der Waals surface area contributed by atoms with Gasteiger partial charge >= 0.3 is 6.61 Å². The number of ether oxygens (including phenoxy) is 2. The number of carbonyl (C=O) groups excluding carboxylic acids is 1. The number of nitriles is 1. The van der Waals surface area contributed by atoms with E-state index >= 15 is 0 Å². The summed E-state index contributed by atoms with van der Waals surface area (Å²) in [6, 6.07) is 12.2. The molecule has 1 aliphatic heterocycles. The number of halogens is 3. The molecule has 184 valence electrons. The fourth-order valence-electron chi connectivity index (χ4n) is 3.54. The lowest BCUT2D eigenvalue weighted by Crippen LogP contribution is -2.49. The molecule has 0 spiro atoms. The molecule has 0 aliphatic carbocycles. The molecule has 3 rings (SSSR count). The number of aliphatic imine (C=N–C) groups is 1. The van der Waals surface area contributed by atoms with Crippen molar-refractivity contribution in [2.75, 3.05) is 26.8 Å². The number of carbonyl (C=O) groups is 1. The number of rotatable bonds is 8. The molecule has 1 amide bonds. The number of likely N-dealkylation sites (N-methyl/N-ethyl adjacent to an activating group) is 1. The molecule has 1 aliphatic rings. The number of hydrogen-bond donors (Lipinski definition) is 1. The van der Waals surface area contributed by atoms with Crippen LogP contribution in [0.2, 0.25) is 5.02 Å². The van der Waals surface area contributed by atoms with Gasteiger partial charge in [-0.05, 0) is 43.3 Å². The minimum Gasteiger partial charge on any atom is -0.435 e. The predicted octanol–water partition coefficient (Wildman–Crippen LogP) is 3.58. The average Bonchev–Trinajstić information content (AvgIpc) is 3.26. The number of guanidine groups is 1. The van der Waals surface area contributed by atoms with E-state index in [9.17, 15) is 18.8 Å². The number of nitrogens with one attached hydrogen (secondary N) is 1. The third kappa shape index (κ3) is 6.65. The van der Waals surface area contributed by atoms with Crippen LogP contribution in [0, 0.1) is 11.5 Å². The summed E-state index contributed by atoms with van der Waals surface area (Å²) < 4.78 is 34.2. The van der Waals surface area contributed by atoms with Crippen molar-refractivity contribution in [3.05, 3.63) is 59.1 Å². The van der Waals surface area contributed by atoms with Crippen molar-refractivity contribution in [2.24, 2.45) is 10.1 Å². The highest BCUT2D eigenvalue weighted by atomic mass is 35.5. The van der Waals surface area contributed by atoms with Crippen LogP contribution in [0.1, 0.15) is 12.5 Å². The second kappa shape index (κ2) is 12.1. The Labute approximate surface area is 206 Å². The SMILES string of the molecule is CCN(C(=O)COC)C1CN(C(=Nc2ccc(OC(F)F)cc2)NC#N)N=C1c1ccc(Cl)cc1. The highest BCUT2D eigenvalue weighted by Gasteiger charge is 2.36. The van der Waals surface area contributed by atoms with Crippen LogP contribution >= 0.6 is 11.6 Å². The van der Waals surface area contributed by atoms with E-state index < -0.39 is 12.7 Å². The van der Waals surface area contributed by atoms with Crippen LogP contribution in [-0.2, 0) is 9.53 Å². The zero-order valence-corrected chi connectivity index (χ0v) is 19.7. The van der Waals surface area contributed by atoms with Crippen LogP contribution in [0.4, 0.5) is 14.5 Å². The Kier molecular flexibility index (Phi) is 8.94. The monoisotopic (exact) mass is 504 g/mol. The first kappa shape index (κ1) is 25.9. The van der Waals surface area contributed by atoms with Crippen molar-refractivity contribution < 1.29 is 23.0 Å². The molecule has 0 saturated carbocycles. The highest BCUT2D eigenvalue weighted by Crippen LogP contribution is 2.24. The number of nitrogens with zero attached hydrogens (tertiary/aromatic N) is 5. The van der Waals surface area contributed by atoms with Crippen LogP contribution in [0.15, 0.2) is 58.6 Å². The van der Waals surface area contributed by atoms with Crippen molar-refractivity contribution >= 4 is 34.9 Å². The molecule has 0 fully saturated rings. The van der Waals surface area contributed by atoms with Gasteiger partial charge < -0.3 is 14.4 Å². The Morgan fingerprint density at radius 2 is 2.00 bits per heavy atom. The molecule has 2 aromatic rings. The van der Waals surface area contributed by atoms with Gasteiger partial charge in [0.05, 0.1) is 24.0 Å². The Balaban J connectivity index is 1.97. The molecule has 12 heteroatoms. The molecular formula is C23H23ClF2N6O3. The van der Waals surface area contributed by atoms with Crippen LogP contribution in [0.3, 0.4) is 0 Å². The van der Waals surface area contributed by atoms with Crippen molar-refractivity contribution in [3.8, 4) is 11.9 Å². The summed E-state index contributed by atoms with van der Waals surface area (Å²) in [6.07, 6.45) is 1.83. The molecule has 35 heavy (non-hydrogen) atoms. The minimum atomic E-state index is -2.94. The van der Waals surface area contributed by atoms with E-state index in [0.29, 0.717) is 23.0 Å². The van der Waals surface area contributed by atoms with Gasteiger partial charge in [-0.2, -0.15) is 19.1 Å². The van der Waals surface area contributed by atoms with Gasteiger partial charge in [-0.25, -0.2) is 10.0 Å². The number of hydrogen-bond acceptors (Lipinski definition) is 6. The summed E-state index contributed by atoms with van der Waals surface area (Å²) in [6.45, 7) is -0.577. The van der Waals surface area contributed by atoms with E-state index in [1.54, 1.807) is 29.2 Å². The first-order chi connectivity index (χ1) is 16.9. The molecule has 9 nitrogen and oxygen atoms in total. The molecule has 2 aromatic carbocycles. The second-order valence-corrected chi connectivity index (χ2v) is 7.68.